The number of carbonyl (C=O) groups is 5. The first kappa shape index (κ1) is 32.3. The predicted octanol–water partition coefficient (Wildman–Crippen LogP) is 2.01. The Kier molecular flexibility index (Phi) is 9.70. The van der Waals surface area contributed by atoms with Crippen molar-refractivity contribution in [3.05, 3.63) is 53.6 Å². The molecule has 1 aromatic carbocycles. The maximum atomic E-state index is 14.0. The van der Waals surface area contributed by atoms with Crippen molar-refractivity contribution in [3.63, 3.8) is 0 Å². The van der Waals surface area contributed by atoms with Gasteiger partial charge < -0.3 is 30.0 Å². The highest BCUT2D eigenvalue weighted by Crippen LogP contribution is 2.50. The average Bonchev–Trinajstić information content (AvgIpc) is 2.93. The molecule has 5 rings (SSSR count). The highest BCUT2D eigenvalue weighted by atomic mass is 32.2. The number of hydrogen-bond acceptors (Lipinski definition) is 10. The summed E-state index contributed by atoms with van der Waals surface area (Å²) in [6, 6.07) is 6.89. The van der Waals surface area contributed by atoms with E-state index in [1.165, 1.54) is 25.3 Å². The van der Waals surface area contributed by atoms with Gasteiger partial charge in [-0.05, 0) is 57.7 Å². The van der Waals surface area contributed by atoms with Crippen LogP contribution in [0.25, 0.3) is 0 Å². The summed E-state index contributed by atoms with van der Waals surface area (Å²) < 4.78 is 16.8. The van der Waals surface area contributed by atoms with Crippen molar-refractivity contribution in [1.29, 1.82) is 0 Å². The molecule has 12 heteroatoms. The molecule has 4 aliphatic heterocycles. The number of cyclic esters (lactones) is 2. The standard InChI is InChI=1S/C31H38N2O9S/c1-17(2)13-14-40-21-11-9-20(10-12-21)16-30-25-24(31(43-5,29(39)32-30)33-28(30)38)26(36)22(34)15-19(4)41-23(35)8-6-7-18(3)42-27(25)37/h6,8-13,18-19,22,24-25,34H,7,14-16H2,1-5H3,(H,32,39)(H,33,38)/b8-6+/t18-,19-,22-,24+,25-,30?,31?/m1/s1. The Morgan fingerprint density at radius 3 is 2.37 bits per heavy atom. The fraction of sp³-hybridized carbons (Fsp3) is 0.516. The van der Waals surface area contributed by atoms with Gasteiger partial charge in [-0.15, -0.1) is 11.8 Å². The van der Waals surface area contributed by atoms with Gasteiger partial charge in [0, 0.05) is 25.3 Å². The summed E-state index contributed by atoms with van der Waals surface area (Å²) in [5.74, 6) is -6.01. The molecule has 4 aliphatic rings. The van der Waals surface area contributed by atoms with Gasteiger partial charge in [-0.3, -0.25) is 19.2 Å². The second-order valence-corrected chi connectivity index (χ2v) is 12.5. The van der Waals surface area contributed by atoms with Gasteiger partial charge in [0.1, 0.15) is 42.1 Å². The van der Waals surface area contributed by atoms with Crippen LogP contribution in [0.4, 0.5) is 0 Å². The van der Waals surface area contributed by atoms with E-state index in [1.807, 2.05) is 19.9 Å². The van der Waals surface area contributed by atoms with E-state index < -0.39 is 70.1 Å². The van der Waals surface area contributed by atoms with E-state index in [2.05, 4.69) is 10.6 Å². The Hall–Kier alpha value is -3.64. The number of hydrogen-bond donors (Lipinski definition) is 3. The molecule has 43 heavy (non-hydrogen) atoms. The largest absolute Gasteiger partial charge is 0.490 e. The van der Waals surface area contributed by atoms with Crippen LogP contribution in [0, 0.1) is 11.8 Å². The van der Waals surface area contributed by atoms with Gasteiger partial charge >= 0.3 is 11.9 Å². The lowest BCUT2D eigenvalue weighted by atomic mass is 9.61. The van der Waals surface area contributed by atoms with E-state index in [4.69, 9.17) is 14.2 Å². The van der Waals surface area contributed by atoms with Crippen LogP contribution in [0.2, 0.25) is 0 Å². The Bertz CT molecular complexity index is 1340. The molecule has 7 atom stereocenters. The van der Waals surface area contributed by atoms with Crippen molar-refractivity contribution in [2.45, 2.75) is 75.7 Å². The number of ketones is 1. The number of aliphatic hydroxyl groups excluding tert-OH is 1. The fourth-order valence-electron chi connectivity index (χ4n) is 5.78. The lowest BCUT2D eigenvalue weighted by Gasteiger charge is -2.58. The van der Waals surface area contributed by atoms with Crippen LogP contribution < -0.4 is 15.4 Å². The van der Waals surface area contributed by atoms with Crippen molar-refractivity contribution in [2.24, 2.45) is 11.8 Å². The van der Waals surface area contributed by atoms with Gasteiger partial charge in [-0.25, -0.2) is 4.79 Å². The summed E-state index contributed by atoms with van der Waals surface area (Å²) in [6.45, 7) is 7.45. The average molecular weight is 615 g/mol. The molecule has 0 spiro atoms. The number of aliphatic hydroxyl groups is 1. The minimum absolute atomic E-state index is 0.134. The number of carbonyl (C=O) groups excluding carboxylic acids is 5. The molecule has 0 aliphatic carbocycles. The molecule has 3 fully saturated rings. The first-order chi connectivity index (χ1) is 20.3. The van der Waals surface area contributed by atoms with E-state index in [1.54, 1.807) is 31.2 Å². The number of rotatable bonds is 6. The minimum Gasteiger partial charge on any atom is -0.490 e. The second kappa shape index (κ2) is 12.9. The highest BCUT2D eigenvalue weighted by molar-refractivity contribution is 8.00. The van der Waals surface area contributed by atoms with Gasteiger partial charge in [-0.1, -0.05) is 23.8 Å². The number of ether oxygens (including phenoxy) is 3. The summed E-state index contributed by atoms with van der Waals surface area (Å²) in [7, 11) is 0. The zero-order chi connectivity index (χ0) is 31.5. The summed E-state index contributed by atoms with van der Waals surface area (Å²) in [4.78, 5) is 65.9. The van der Waals surface area contributed by atoms with E-state index in [0.29, 0.717) is 17.9 Å². The molecule has 1 aromatic rings. The molecule has 4 heterocycles. The number of benzene rings is 1. The van der Waals surface area contributed by atoms with Crippen molar-refractivity contribution >= 4 is 41.3 Å². The maximum absolute atomic E-state index is 14.0. The molecule has 3 N–H and O–H groups in total. The summed E-state index contributed by atoms with van der Waals surface area (Å²) in [5, 5.41) is 16.5. The van der Waals surface area contributed by atoms with Crippen LogP contribution in [0.5, 0.6) is 5.75 Å². The van der Waals surface area contributed by atoms with Gasteiger partial charge in [0.2, 0.25) is 5.91 Å². The molecular formula is C31H38N2O9S. The molecule has 232 valence electrons. The van der Waals surface area contributed by atoms with Gasteiger partial charge in [-0.2, -0.15) is 0 Å². The normalized spacial score (nSPS) is 33.6. The summed E-state index contributed by atoms with van der Waals surface area (Å²) >= 11 is 0.898. The number of allylic oxidation sites excluding steroid dienone is 1. The minimum atomic E-state index is -1.89. The van der Waals surface area contributed by atoms with Gasteiger partial charge in [0.15, 0.2) is 10.7 Å². The molecule has 11 nitrogen and oxygen atoms in total. The van der Waals surface area contributed by atoms with Crippen LogP contribution in [-0.4, -0.2) is 76.2 Å². The maximum Gasteiger partial charge on any atom is 0.330 e. The highest BCUT2D eigenvalue weighted by Gasteiger charge is 2.73. The van der Waals surface area contributed by atoms with Crippen molar-refractivity contribution in [2.75, 3.05) is 12.9 Å². The predicted molar refractivity (Wildman–Crippen MR) is 158 cm³/mol. The van der Waals surface area contributed by atoms with Crippen LogP contribution in [0.15, 0.2) is 48.1 Å². The van der Waals surface area contributed by atoms with E-state index in [-0.39, 0.29) is 19.3 Å². The first-order valence-electron chi connectivity index (χ1n) is 14.2. The molecule has 2 bridgehead atoms. The molecule has 2 unspecified atom stereocenters. The summed E-state index contributed by atoms with van der Waals surface area (Å²) in [5.41, 5.74) is -0.182. The van der Waals surface area contributed by atoms with Crippen LogP contribution in [-0.2, 0) is 39.9 Å². The van der Waals surface area contributed by atoms with E-state index in [9.17, 15) is 29.1 Å². The van der Waals surface area contributed by atoms with Crippen LogP contribution >= 0.6 is 11.8 Å². The molecule has 0 aromatic heterocycles. The number of amides is 2. The lowest BCUT2D eigenvalue weighted by molar-refractivity contribution is -0.179. The number of nitrogens with one attached hydrogen (secondary N) is 2. The zero-order valence-corrected chi connectivity index (χ0v) is 25.7. The SMILES string of the molecule is CSC12NC(=O)C(Cc3ccc(OCC=C(C)C)cc3)(NC1=O)[C@H]1C(=O)O[C@H](C)C/C=C/C(=O)O[C@H](C)C[C@@H](O)C(=O)[C@H]12. The van der Waals surface area contributed by atoms with Gasteiger partial charge in [0.05, 0.1) is 5.92 Å². The molecule has 2 amide bonds. The number of thioether (sulfide) groups is 1. The third-order valence-corrected chi connectivity index (χ3v) is 9.14. The Morgan fingerprint density at radius 2 is 1.72 bits per heavy atom. The number of esters is 2. The number of fused-ring (bicyclic) bond motifs is 2. The fourth-order valence-corrected chi connectivity index (χ4v) is 6.72. The topological polar surface area (TPSA) is 157 Å². The lowest BCUT2D eigenvalue weighted by Crippen LogP contribution is -2.87. The third-order valence-electron chi connectivity index (χ3n) is 7.95. The second-order valence-electron chi connectivity index (χ2n) is 11.5. The molecule has 3 saturated heterocycles. The van der Waals surface area contributed by atoms with Crippen LogP contribution in [0.1, 0.15) is 46.1 Å². The molecular weight excluding hydrogens is 576 g/mol. The van der Waals surface area contributed by atoms with E-state index >= 15 is 0 Å². The van der Waals surface area contributed by atoms with Crippen molar-refractivity contribution in [1.82, 2.24) is 10.6 Å². The number of piperidine rings is 2. The van der Waals surface area contributed by atoms with Gasteiger partial charge in [0.25, 0.3) is 5.91 Å². The Morgan fingerprint density at radius 1 is 1.02 bits per heavy atom. The van der Waals surface area contributed by atoms with Crippen LogP contribution in [0.3, 0.4) is 0 Å². The first-order valence-corrected chi connectivity index (χ1v) is 15.4. The van der Waals surface area contributed by atoms with Crippen molar-refractivity contribution in [3.8, 4) is 5.75 Å². The van der Waals surface area contributed by atoms with E-state index in [0.717, 1.165) is 17.3 Å². The number of piperazine rings is 1. The summed E-state index contributed by atoms with van der Waals surface area (Å²) in [6.07, 6.45) is 2.64. The quantitative estimate of drug-likeness (QED) is 0.320. The number of Topliss-reactive ketones (excluding diaryl/α,β-unsaturated/α-hetero) is 1. The Labute approximate surface area is 254 Å². The van der Waals surface area contributed by atoms with Crippen molar-refractivity contribution < 1.29 is 43.3 Å². The monoisotopic (exact) mass is 614 g/mol. The zero-order valence-electron chi connectivity index (χ0n) is 24.9. The Balaban J connectivity index is 1.78. The smallest absolute Gasteiger partial charge is 0.330 e. The molecule has 0 saturated carbocycles. The molecule has 0 radical (unpaired) electrons. The third kappa shape index (κ3) is 6.50.